The molecule has 1 N–H and O–H groups in total. The van der Waals surface area contributed by atoms with Crippen molar-refractivity contribution in [3.05, 3.63) is 46.5 Å². The van der Waals surface area contributed by atoms with E-state index >= 15 is 0 Å². The predicted molar refractivity (Wildman–Crippen MR) is 149 cm³/mol. The smallest absolute Gasteiger partial charge is 0.227 e. The summed E-state index contributed by atoms with van der Waals surface area (Å²) in [5.41, 5.74) is 4.03. The van der Waals surface area contributed by atoms with Crippen molar-refractivity contribution in [3.8, 4) is 5.75 Å². The zero-order valence-electron chi connectivity index (χ0n) is 23.1. The van der Waals surface area contributed by atoms with E-state index in [9.17, 15) is 4.79 Å². The number of carbonyl (C=O) groups is 1. The quantitative estimate of drug-likeness (QED) is 0.440. The molecule has 0 spiro atoms. The standard InChI is InChI=1S/C31H41N3O2S/c1-18(28(35)32-19-7-9-20(36-6)10-8-19)22-12-13-23-21-11-14-26-29(2,3)27-25(37-34-33-27)17-31(26,5)24(21)15-16-30(22,23)4/h7-10,14,18,21-24H,11-13,15-17H2,1-6H3,(H,32,35)/t18-,21-,22+,23-,24-,30+,31+/m0/s1. The number of methoxy groups -OCH3 is 1. The summed E-state index contributed by atoms with van der Waals surface area (Å²) in [6.07, 6.45) is 9.74. The Hall–Kier alpha value is -2.21. The number of ether oxygens (including phenoxy) is 1. The molecule has 2 aromatic rings. The minimum absolute atomic E-state index is 0.00151. The number of allylic oxidation sites excluding steroid dienone is 2. The van der Waals surface area contributed by atoms with Crippen LogP contribution >= 0.6 is 11.5 Å². The van der Waals surface area contributed by atoms with Gasteiger partial charge in [0, 0.05) is 17.0 Å². The van der Waals surface area contributed by atoms with Crippen LogP contribution in [0.4, 0.5) is 5.69 Å². The van der Waals surface area contributed by atoms with Crippen molar-refractivity contribution in [2.75, 3.05) is 12.4 Å². The van der Waals surface area contributed by atoms with Gasteiger partial charge in [0.05, 0.1) is 17.7 Å². The molecule has 1 heterocycles. The Balaban J connectivity index is 1.23. The van der Waals surface area contributed by atoms with E-state index in [-0.39, 0.29) is 28.1 Å². The van der Waals surface area contributed by atoms with Gasteiger partial charge in [0.25, 0.3) is 0 Å². The molecule has 1 aromatic heterocycles. The van der Waals surface area contributed by atoms with Crippen LogP contribution in [0.3, 0.4) is 0 Å². The maximum atomic E-state index is 13.4. The summed E-state index contributed by atoms with van der Waals surface area (Å²) in [4.78, 5) is 14.8. The first-order valence-electron chi connectivity index (χ1n) is 14.1. The summed E-state index contributed by atoms with van der Waals surface area (Å²) in [6, 6.07) is 7.65. The molecule has 6 heteroatoms. The number of carbonyl (C=O) groups excluding carboxylic acids is 1. The lowest BCUT2D eigenvalue weighted by molar-refractivity contribution is -0.124. The van der Waals surface area contributed by atoms with E-state index in [2.05, 4.69) is 55.6 Å². The van der Waals surface area contributed by atoms with Crippen LogP contribution in [0, 0.1) is 40.4 Å². The molecule has 1 aromatic carbocycles. The van der Waals surface area contributed by atoms with Crippen LogP contribution in [0.5, 0.6) is 5.75 Å². The summed E-state index contributed by atoms with van der Waals surface area (Å²) < 4.78 is 9.62. The van der Waals surface area contributed by atoms with Crippen LogP contribution in [0.15, 0.2) is 35.9 Å². The number of hydrogen-bond donors (Lipinski definition) is 1. The van der Waals surface area contributed by atoms with Crippen molar-refractivity contribution in [3.63, 3.8) is 0 Å². The van der Waals surface area contributed by atoms with Crippen LogP contribution in [-0.4, -0.2) is 22.6 Å². The minimum atomic E-state index is -0.0344. The zero-order chi connectivity index (χ0) is 26.2. The number of anilines is 1. The van der Waals surface area contributed by atoms with E-state index in [4.69, 9.17) is 4.74 Å². The normalized spacial score (nSPS) is 36.3. The van der Waals surface area contributed by atoms with E-state index in [0.717, 1.165) is 24.3 Å². The molecule has 6 rings (SSSR count). The second-order valence-electron chi connectivity index (χ2n) is 13.2. The number of rotatable bonds is 4. The molecule has 1 amide bonds. The minimum Gasteiger partial charge on any atom is -0.497 e. The number of nitrogens with one attached hydrogen (secondary N) is 1. The lowest BCUT2D eigenvalue weighted by Gasteiger charge is -2.59. The zero-order valence-corrected chi connectivity index (χ0v) is 24.0. The van der Waals surface area contributed by atoms with Crippen molar-refractivity contribution in [1.29, 1.82) is 0 Å². The molecule has 0 aliphatic heterocycles. The predicted octanol–water partition coefficient (Wildman–Crippen LogP) is 7.05. The molecule has 0 bridgehead atoms. The molecule has 2 saturated carbocycles. The van der Waals surface area contributed by atoms with Gasteiger partial charge in [0.15, 0.2) is 0 Å². The van der Waals surface area contributed by atoms with Crippen molar-refractivity contribution in [2.24, 2.45) is 40.4 Å². The highest BCUT2D eigenvalue weighted by atomic mass is 32.1. The Labute approximate surface area is 225 Å². The number of nitrogens with zero attached hydrogens (tertiary/aromatic N) is 2. The highest BCUT2D eigenvalue weighted by Crippen LogP contribution is 2.68. The summed E-state index contributed by atoms with van der Waals surface area (Å²) >= 11 is 1.61. The summed E-state index contributed by atoms with van der Waals surface area (Å²) in [5.74, 6) is 3.46. The first kappa shape index (κ1) is 25.1. The fourth-order valence-electron chi connectivity index (χ4n) is 9.52. The molecular weight excluding hydrogens is 478 g/mol. The Bertz CT molecular complexity index is 1230. The first-order chi connectivity index (χ1) is 17.6. The van der Waals surface area contributed by atoms with Gasteiger partial charge in [-0.2, -0.15) is 0 Å². The van der Waals surface area contributed by atoms with Crippen molar-refractivity contribution < 1.29 is 9.53 Å². The van der Waals surface area contributed by atoms with Crippen LogP contribution in [-0.2, 0) is 16.6 Å². The van der Waals surface area contributed by atoms with Crippen LogP contribution in [0.2, 0.25) is 0 Å². The van der Waals surface area contributed by atoms with E-state index in [1.807, 2.05) is 24.3 Å². The second kappa shape index (κ2) is 8.65. The third-order valence-corrected chi connectivity index (χ3v) is 12.0. The van der Waals surface area contributed by atoms with Gasteiger partial charge in [-0.1, -0.05) is 50.8 Å². The first-order valence-corrected chi connectivity index (χ1v) is 14.8. The third kappa shape index (κ3) is 3.65. The van der Waals surface area contributed by atoms with Crippen LogP contribution in [0.25, 0.3) is 0 Å². The summed E-state index contributed by atoms with van der Waals surface area (Å²) in [6.45, 7) is 11.9. The molecule has 2 fully saturated rings. The topological polar surface area (TPSA) is 64.1 Å². The molecule has 7 atom stereocenters. The molecule has 5 nitrogen and oxygen atoms in total. The number of hydrogen-bond acceptors (Lipinski definition) is 5. The Morgan fingerprint density at radius 2 is 1.86 bits per heavy atom. The molecule has 4 aliphatic rings. The van der Waals surface area contributed by atoms with Gasteiger partial charge in [-0.25, -0.2) is 0 Å². The van der Waals surface area contributed by atoms with Crippen molar-refractivity contribution >= 4 is 23.1 Å². The Kier molecular flexibility index (Phi) is 5.87. The van der Waals surface area contributed by atoms with Gasteiger partial charge in [0.2, 0.25) is 5.91 Å². The Morgan fingerprint density at radius 3 is 2.59 bits per heavy atom. The van der Waals surface area contributed by atoms with Crippen LogP contribution < -0.4 is 10.1 Å². The molecule has 4 aliphatic carbocycles. The number of aromatic nitrogens is 2. The highest BCUT2D eigenvalue weighted by molar-refractivity contribution is 7.05. The maximum absolute atomic E-state index is 13.4. The molecule has 0 unspecified atom stereocenters. The second-order valence-corrected chi connectivity index (χ2v) is 14.1. The van der Waals surface area contributed by atoms with Crippen molar-refractivity contribution in [1.82, 2.24) is 9.59 Å². The molecule has 0 radical (unpaired) electrons. The van der Waals surface area contributed by atoms with Gasteiger partial charge in [-0.15, -0.1) is 5.10 Å². The van der Waals surface area contributed by atoms with Crippen LogP contribution in [0.1, 0.15) is 77.3 Å². The monoisotopic (exact) mass is 519 g/mol. The average molecular weight is 520 g/mol. The SMILES string of the molecule is COc1ccc(NC(=O)[C@@H](C)[C@H]2CC[C@H]3[C@@H]4CC=C5C(C)(C)c6nnsc6C[C@]5(C)[C@H]4CC[C@]23C)cc1. The van der Waals surface area contributed by atoms with E-state index in [0.29, 0.717) is 23.7 Å². The Morgan fingerprint density at radius 1 is 1.11 bits per heavy atom. The van der Waals surface area contributed by atoms with E-state index in [1.165, 1.54) is 36.3 Å². The van der Waals surface area contributed by atoms with E-state index in [1.54, 1.807) is 24.2 Å². The molecule has 37 heavy (non-hydrogen) atoms. The van der Waals surface area contributed by atoms with Gasteiger partial charge in [0.1, 0.15) is 5.75 Å². The lowest BCUT2D eigenvalue weighted by Crippen LogP contribution is -2.54. The molecule has 0 saturated heterocycles. The van der Waals surface area contributed by atoms with Gasteiger partial charge >= 0.3 is 0 Å². The third-order valence-electron chi connectivity index (χ3n) is 11.3. The molecular formula is C31H41N3O2S. The van der Waals surface area contributed by atoms with Crippen molar-refractivity contribution in [2.45, 2.75) is 78.6 Å². The highest BCUT2D eigenvalue weighted by Gasteiger charge is 2.61. The van der Waals surface area contributed by atoms with Gasteiger partial charge in [-0.3, -0.25) is 4.79 Å². The average Bonchev–Trinajstić information content (AvgIpc) is 3.48. The number of fused-ring (bicyclic) bond motifs is 6. The van der Waals surface area contributed by atoms with Gasteiger partial charge < -0.3 is 10.1 Å². The number of amides is 1. The molecule has 198 valence electrons. The maximum Gasteiger partial charge on any atom is 0.227 e. The summed E-state index contributed by atoms with van der Waals surface area (Å²) in [5, 5.41) is 7.75. The lowest BCUT2D eigenvalue weighted by atomic mass is 9.45. The fourth-order valence-corrected chi connectivity index (χ4v) is 10.5. The summed E-state index contributed by atoms with van der Waals surface area (Å²) in [7, 11) is 1.66. The fraction of sp³-hybridized carbons (Fsp3) is 0.645. The number of benzene rings is 1. The largest absolute Gasteiger partial charge is 0.497 e. The van der Waals surface area contributed by atoms with E-state index < -0.39 is 0 Å². The van der Waals surface area contributed by atoms with Gasteiger partial charge in [-0.05, 0) is 109 Å².